The molecule has 0 saturated carbocycles. The van der Waals surface area contributed by atoms with E-state index in [0.29, 0.717) is 20.9 Å². The van der Waals surface area contributed by atoms with Crippen molar-refractivity contribution in [1.82, 2.24) is 0 Å². The fourth-order valence-corrected chi connectivity index (χ4v) is 2.29. The number of rotatable bonds is 3. The number of nitrogens with one attached hydrogen (secondary N) is 1. The second-order valence-electron chi connectivity index (χ2n) is 3.18. The highest BCUT2D eigenvalue weighted by Gasteiger charge is 2.11. The molecule has 0 spiro atoms. The van der Waals surface area contributed by atoms with Gasteiger partial charge in [0.2, 0.25) is 0 Å². The Morgan fingerprint density at radius 3 is 2.32 bits per heavy atom. The predicted molar refractivity (Wildman–Crippen MR) is 73.2 cm³/mol. The lowest BCUT2D eigenvalue weighted by Gasteiger charge is -2.10. The van der Waals surface area contributed by atoms with Gasteiger partial charge in [-0.2, -0.15) is 15.8 Å². The molecule has 1 N–H and O–H groups in total. The molecule has 0 aromatic heterocycles. The van der Waals surface area contributed by atoms with E-state index in [-0.39, 0.29) is 11.3 Å². The number of anilines is 1. The predicted octanol–water partition coefficient (Wildman–Crippen LogP) is 3.35. The Kier molecular flexibility index (Phi) is 5.21. The first-order valence-corrected chi connectivity index (χ1v) is 5.99. The molecule has 19 heavy (non-hydrogen) atoms. The zero-order valence-corrected chi connectivity index (χ0v) is 12.0. The van der Waals surface area contributed by atoms with Gasteiger partial charge >= 0.3 is 0 Å². The molecular weight excluding hydrogens is 332 g/mol. The molecule has 1 aromatic carbocycles. The van der Waals surface area contributed by atoms with Crippen LogP contribution in [-0.4, -0.2) is 7.11 Å². The van der Waals surface area contributed by atoms with E-state index < -0.39 is 0 Å². The fourth-order valence-electron chi connectivity index (χ4n) is 1.25. The molecule has 0 heterocycles. The van der Waals surface area contributed by atoms with E-state index in [1.54, 1.807) is 24.3 Å². The van der Waals surface area contributed by atoms with E-state index >= 15 is 0 Å². The maximum absolute atomic E-state index is 8.92. The largest absolute Gasteiger partial charge is 0.494 e. The van der Waals surface area contributed by atoms with Crippen molar-refractivity contribution >= 4 is 33.2 Å². The number of nitrogens with zero attached hydrogens (tertiary/aromatic N) is 3. The van der Waals surface area contributed by atoms with Crippen LogP contribution in [-0.2, 0) is 0 Å². The van der Waals surface area contributed by atoms with Crippen LogP contribution in [0.3, 0.4) is 0 Å². The molecule has 0 fully saturated rings. The van der Waals surface area contributed by atoms with Crippen LogP contribution < -0.4 is 10.1 Å². The highest BCUT2D eigenvalue weighted by Crippen LogP contribution is 2.36. The Hall–Kier alpha value is -2.20. The molecule has 0 aliphatic carbocycles. The summed E-state index contributed by atoms with van der Waals surface area (Å²) in [5, 5.41) is 29.4. The van der Waals surface area contributed by atoms with Crippen LogP contribution in [0.5, 0.6) is 5.75 Å². The molecule has 0 radical (unpaired) electrons. The van der Waals surface area contributed by atoms with Crippen molar-refractivity contribution in [3.63, 3.8) is 0 Å². The molecule has 0 unspecified atom stereocenters. The minimum atomic E-state index is -0.300. The third-order valence-corrected chi connectivity index (χ3v) is 2.93. The molecule has 1 aromatic rings. The first-order chi connectivity index (χ1) is 9.07. The topological polar surface area (TPSA) is 92.6 Å². The summed E-state index contributed by atoms with van der Waals surface area (Å²) in [4.78, 5) is 0. The number of allylic oxidation sites excluding steroid dienone is 2. The monoisotopic (exact) mass is 336 g/mol. The molecule has 0 bridgehead atoms. The van der Waals surface area contributed by atoms with Crippen molar-refractivity contribution in [2.75, 3.05) is 12.4 Å². The average Bonchev–Trinajstić information content (AvgIpc) is 2.38. The maximum Gasteiger partial charge on any atom is 0.163 e. The van der Waals surface area contributed by atoms with Crippen molar-refractivity contribution in [3.05, 3.63) is 32.9 Å². The molecule has 0 amide bonds. The summed E-state index contributed by atoms with van der Waals surface area (Å²) in [6.45, 7) is 0. The fraction of sp³-hybridized carbons (Fsp3) is 0.0833. The lowest BCUT2D eigenvalue weighted by Crippen LogP contribution is -2.01. The second kappa shape index (κ2) is 6.66. The van der Waals surface area contributed by atoms with Crippen molar-refractivity contribution in [1.29, 1.82) is 15.8 Å². The van der Waals surface area contributed by atoms with Gasteiger partial charge in [-0.1, -0.05) is 11.6 Å². The van der Waals surface area contributed by atoms with E-state index in [1.165, 1.54) is 13.2 Å². The number of methoxy groups -OCH3 is 1. The summed E-state index contributed by atoms with van der Waals surface area (Å²) in [5.74, 6) is 0.454. The van der Waals surface area contributed by atoms with Crippen LogP contribution in [0.25, 0.3) is 0 Å². The maximum atomic E-state index is 8.92. The SMILES string of the molecule is COc1c(Cl)cc(NC(C#N)=C(C#N)C#N)cc1Br. The summed E-state index contributed by atoms with van der Waals surface area (Å²) in [6.07, 6.45) is 0. The third kappa shape index (κ3) is 3.39. The Morgan fingerprint density at radius 1 is 1.26 bits per heavy atom. The third-order valence-electron chi connectivity index (χ3n) is 2.06. The van der Waals surface area contributed by atoms with Crippen LogP contribution in [0.15, 0.2) is 27.9 Å². The number of benzene rings is 1. The van der Waals surface area contributed by atoms with Gasteiger partial charge in [-0.25, -0.2) is 0 Å². The first-order valence-electron chi connectivity index (χ1n) is 4.82. The molecule has 5 nitrogen and oxygen atoms in total. The van der Waals surface area contributed by atoms with E-state index in [2.05, 4.69) is 21.2 Å². The summed E-state index contributed by atoms with van der Waals surface area (Å²) in [6, 6.07) is 8.17. The van der Waals surface area contributed by atoms with Crippen LogP contribution in [0.1, 0.15) is 0 Å². The first kappa shape index (κ1) is 14.9. The van der Waals surface area contributed by atoms with E-state index in [1.807, 2.05) is 0 Å². The van der Waals surface area contributed by atoms with Gasteiger partial charge in [0.15, 0.2) is 11.3 Å². The summed E-state index contributed by atoms with van der Waals surface area (Å²) in [5.41, 5.74) is 0.0147. The molecule has 0 saturated heterocycles. The minimum Gasteiger partial charge on any atom is -0.494 e. The van der Waals surface area contributed by atoms with Crippen molar-refractivity contribution in [3.8, 4) is 24.0 Å². The van der Waals surface area contributed by atoms with Gasteiger partial charge in [-0.15, -0.1) is 0 Å². The van der Waals surface area contributed by atoms with E-state index in [4.69, 9.17) is 32.1 Å². The number of nitriles is 3. The van der Waals surface area contributed by atoms with Crippen molar-refractivity contribution in [2.24, 2.45) is 0 Å². The smallest absolute Gasteiger partial charge is 0.163 e. The number of hydrogen-bond acceptors (Lipinski definition) is 5. The van der Waals surface area contributed by atoms with Crippen LogP contribution in [0.4, 0.5) is 5.69 Å². The minimum absolute atomic E-state index is 0.141. The molecule has 1 rings (SSSR count). The molecule has 0 aliphatic heterocycles. The Labute approximate surface area is 123 Å². The van der Waals surface area contributed by atoms with Gasteiger partial charge in [0.05, 0.1) is 16.6 Å². The van der Waals surface area contributed by atoms with Gasteiger partial charge in [0, 0.05) is 5.69 Å². The Balaban J connectivity index is 3.23. The summed E-state index contributed by atoms with van der Waals surface area (Å²) in [7, 11) is 1.48. The molecule has 0 aliphatic rings. The lowest BCUT2D eigenvalue weighted by atomic mass is 10.2. The molecular formula is C12H6BrClN4O. The quantitative estimate of drug-likeness (QED) is 0.854. The summed E-state index contributed by atoms with van der Waals surface area (Å²) < 4.78 is 5.64. The molecule has 94 valence electrons. The van der Waals surface area contributed by atoms with Gasteiger partial charge in [-0.05, 0) is 28.1 Å². The second-order valence-corrected chi connectivity index (χ2v) is 4.45. The van der Waals surface area contributed by atoms with Gasteiger partial charge in [-0.3, -0.25) is 0 Å². The van der Waals surface area contributed by atoms with E-state index in [0.717, 1.165) is 0 Å². The van der Waals surface area contributed by atoms with Gasteiger partial charge in [0.1, 0.15) is 23.9 Å². The molecule has 7 heteroatoms. The highest BCUT2D eigenvalue weighted by molar-refractivity contribution is 9.10. The van der Waals surface area contributed by atoms with Crippen LogP contribution in [0.2, 0.25) is 5.02 Å². The normalized spacial score (nSPS) is 8.63. The molecule has 0 atom stereocenters. The number of ether oxygens (including phenoxy) is 1. The Morgan fingerprint density at radius 2 is 1.89 bits per heavy atom. The van der Waals surface area contributed by atoms with E-state index in [9.17, 15) is 0 Å². The van der Waals surface area contributed by atoms with Crippen LogP contribution in [0, 0.1) is 34.0 Å². The lowest BCUT2D eigenvalue weighted by molar-refractivity contribution is 0.412. The number of halogens is 2. The van der Waals surface area contributed by atoms with Crippen molar-refractivity contribution < 1.29 is 4.74 Å². The standard InChI is InChI=1S/C12H6BrClN4O/c1-19-12-9(13)2-8(3-10(12)14)18-11(6-17)7(4-15)5-16/h2-3,18H,1H3. The van der Waals surface area contributed by atoms with Crippen LogP contribution >= 0.6 is 27.5 Å². The van der Waals surface area contributed by atoms with Gasteiger partial charge in [0.25, 0.3) is 0 Å². The van der Waals surface area contributed by atoms with Crippen molar-refractivity contribution in [2.45, 2.75) is 0 Å². The average molecular weight is 338 g/mol. The number of hydrogen-bond donors (Lipinski definition) is 1. The van der Waals surface area contributed by atoms with Gasteiger partial charge < -0.3 is 10.1 Å². The zero-order valence-electron chi connectivity index (χ0n) is 9.66. The zero-order chi connectivity index (χ0) is 14.4. The summed E-state index contributed by atoms with van der Waals surface area (Å²) >= 11 is 9.25. The highest BCUT2D eigenvalue weighted by atomic mass is 79.9. The Bertz CT molecular complexity index is 625.